The summed E-state index contributed by atoms with van der Waals surface area (Å²) >= 11 is 0. The summed E-state index contributed by atoms with van der Waals surface area (Å²) in [5, 5.41) is 20.6. The molecule has 24 heavy (non-hydrogen) atoms. The van der Waals surface area contributed by atoms with Crippen LogP contribution in [0.4, 0.5) is 0 Å². The number of rotatable bonds is 1. The van der Waals surface area contributed by atoms with Gasteiger partial charge in [0.05, 0.1) is 17.7 Å². The highest BCUT2D eigenvalue weighted by Crippen LogP contribution is 2.65. The van der Waals surface area contributed by atoms with Crippen molar-refractivity contribution in [3.05, 3.63) is 34.9 Å². The van der Waals surface area contributed by atoms with Gasteiger partial charge in [-0.2, -0.15) is 5.26 Å². The number of aliphatic hydroxyl groups is 1. The molecule has 2 saturated carbocycles. The summed E-state index contributed by atoms with van der Waals surface area (Å²) in [5.41, 5.74) is 3.78. The highest BCUT2D eigenvalue weighted by Gasteiger charge is 2.61. The van der Waals surface area contributed by atoms with Crippen molar-refractivity contribution in [3.63, 3.8) is 0 Å². The summed E-state index contributed by atoms with van der Waals surface area (Å²) in [6, 6.07) is 8.69. The Morgan fingerprint density at radius 3 is 2.79 bits per heavy atom. The van der Waals surface area contributed by atoms with Gasteiger partial charge in [0.15, 0.2) is 0 Å². The Bertz CT molecular complexity index is 704. The molecule has 0 aromatic heterocycles. The fourth-order valence-electron chi connectivity index (χ4n) is 6.54. The first-order valence-corrected chi connectivity index (χ1v) is 9.64. The highest BCUT2D eigenvalue weighted by molar-refractivity contribution is 5.46. The van der Waals surface area contributed by atoms with Gasteiger partial charge in [0.1, 0.15) is 0 Å². The van der Waals surface area contributed by atoms with Crippen LogP contribution in [0.3, 0.4) is 0 Å². The maximum absolute atomic E-state index is 11.1. The second kappa shape index (κ2) is 5.33. The molecule has 3 aliphatic carbocycles. The van der Waals surface area contributed by atoms with Crippen LogP contribution in [-0.4, -0.2) is 11.2 Å². The smallest absolute Gasteiger partial charge is 0.0994 e. The van der Waals surface area contributed by atoms with Gasteiger partial charge in [0.2, 0.25) is 0 Å². The molecule has 128 valence electrons. The van der Waals surface area contributed by atoms with Crippen LogP contribution in [0.25, 0.3) is 0 Å². The third-order valence-corrected chi connectivity index (χ3v) is 8.11. The van der Waals surface area contributed by atoms with Gasteiger partial charge >= 0.3 is 0 Å². The highest BCUT2D eigenvalue weighted by atomic mass is 16.3. The summed E-state index contributed by atoms with van der Waals surface area (Å²) in [6.45, 7) is 6.87. The zero-order valence-electron chi connectivity index (χ0n) is 15.2. The van der Waals surface area contributed by atoms with Crippen LogP contribution in [0.15, 0.2) is 18.2 Å². The van der Waals surface area contributed by atoms with Gasteiger partial charge in [0.25, 0.3) is 0 Å². The van der Waals surface area contributed by atoms with Gasteiger partial charge < -0.3 is 5.11 Å². The average Bonchev–Trinajstić information content (AvgIpc) is 2.82. The van der Waals surface area contributed by atoms with Crippen LogP contribution in [0.1, 0.15) is 75.5 Å². The van der Waals surface area contributed by atoms with E-state index in [-0.39, 0.29) is 16.9 Å². The maximum atomic E-state index is 11.1. The van der Waals surface area contributed by atoms with Crippen molar-refractivity contribution in [1.82, 2.24) is 0 Å². The molecule has 2 heteroatoms. The predicted molar refractivity (Wildman–Crippen MR) is 95.6 cm³/mol. The van der Waals surface area contributed by atoms with E-state index in [0.29, 0.717) is 17.8 Å². The molecule has 0 spiro atoms. The molecule has 0 amide bonds. The number of hydrogen-bond acceptors (Lipinski definition) is 2. The van der Waals surface area contributed by atoms with E-state index in [0.717, 1.165) is 37.7 Å². The molecular formula is C22H29NO. The summed E-state index contributed by atoms with van der Waals surface area (Å²) in [7, 11) is 0. The standard InChI is InChI=1S/C22H29NO/c1-4-21(2)12-19-18-9-8-15-14(13-23)6-5-7-16(15)17(18)10-11-22(19,3)20(21)24/h5-7,17-20,24H,4,8-12H2,1-3H3/t17-,18-,19+,20+,21+,22+/m1/s1. The minimum Gasteiger partial charge on any atom is -0.392 e. The number of aliphatic hydroxyl groups excluding tert-OH is 1. The van der Waals surface area contributed by atoms with Gasteiger partial charge in [-0.1, -0.05) is 32.9 Å². The summed E-state index contributed by atoms with van der Waals surface area (Å²) in [5.74, 6) is 1.88. The van der Waals surface area contributed by atoms with Gasteiger partial charge in [-0.15, -0.1) is 0 Å². The Balaban J connectivity index is 1.74. The lowest BCUT2D eigenvalue weighted by molar-refractivity contribution is -0.0511. The topological polar surface area (TPSA) is 44.0 Å². The molecule has 0 saturated heterocycles. The van der Waals surface area contributed by atoms with Gasteiger partial charge in [-0.05, 0) is 84.3 Å². The van der Waals surface area contributed by atoms with Crippen LogP contribution in [0, 0.1) is 34.0 Å². The van der Waals surface area contributed by atoms with E-state index in [1.54, 1.807) is 0 Å². The quantitative estimate of drug-likeness (QED) is 0.806. The number of nitrogens with zero attached hydrogens (tertiary/aromatic N) is 1. The van der Waals surface area contributed by atoms with Crippen molar-refractivity contribution in [2.45, 2.75) is 71.3 Å². The Kier molecular flexibility index (Phi) is 3.59. The Hall–Kier alpha value is -1.33. The third kappa shape index (κ3) is 1.97. The van der Waals surface area contributed by atoms with Crippen molar-refractivity contribution >= 4 is 0 Å². The number of hydrogen-bond donors (Lipinski definition) is 1. The average molecular weight is 323 g/mol. The molecular weight excluding hydrogens is 294 g/mol. The van der Waals surface area contributed by atoms with Crippen molar-refractivity contribution in [1.29, 1.82) is 5.26 Å². The largest absolute Gasteiger partial charge is 0.392 e. The van der Waals surface area contributed by atoms with Gasteiger partial charge in [0, 0.05) is 0 Å². The number of nitriles is 1. The van der Waals surface area contributed by atoms with E-state index < -0.39 is 0 Å². The maximum Gasteiger partial charge on any atom is 0.0994 e. The summed E-state index contributed by atoms with van der Waals surface area (Å²) in [4.78, 5) is 0. The number of fused-ring (bicyclic) bond motifs is 5. The van der Waals surface area contributed by atoms with E-state index in [1.807, 2.05) is 6.07 Å². The van der Waals surface area contributed by atoms with Crippen molar-refractivity contribution in [2.75, 3.05) is 0 Å². The molecule has 1 aromatic carbocycles. The molecule has 6 atom stereocenters. The van der Waals surface area contributed by atoms with Gasteiger partial charge in [-0.25, -0.2) is 0 Å². The van der Waals surface area contributed by atoms with E-state index in [1.165, 1.54) is 17.5 Å². The van der Waals surface area contributed by atoms with Crippen LogP contribution in [0.5, 0.6) is 0 Å². The molecule has 2 fully saturated rings. The molecule has 0 radical (unpaired) electrons. The first-order valence-electron chi connectivity index (χ1n) is 9.64. The molecule has 3 aliphatic rings. The molecule has 0 unspecified atom stereocenters. The van der Waals surface area contributed by atoms with Crippen molar-refractivity contribution < 1.29 is 5.11 Å². The zero-order valence-corrected chi connectivity index (χ0v) is 15.2. The lowest BCUT2D eigenvalue weighted by Crippen LogP contribution is -2.45. The predicted octanol–water partition coefficient (Wildman–Crippen LogP) is 4.80. The lowest BCUT2D eigenvalue weighted by Gasteiger charge is -2.50. The summed E-state index contributed by atoms with van der Waals surface area (Å²) in [6.07, 6.45) is 6.55. The SMILES string of the molecule is CC[C@@]1(C)C[C@H]2[C@@H]3CCc4c(C#N)cccc4[C@H]3CC[C@]2(C)[C@H]1O. The molecule has 0 bridgehead atoms. The Labute approximate surface area is 145 Å². The molecule has 4 rings (SSSR count). The first-order chi connectivity index (χ1) is 11.4. The molecule has 1 aromatic rings. The van der Waals surface area contributed by atoms with E-state index in [2.05, 4.69) is 39.0 Å². The van der Waals surface area contributed by atoms with Crippen LogP contribution >= 0.6 is 0 Å². The van der Waals surface area contributed by atoms with Crippen LogP contribution in [0.2, 0.25) is 0 Å². The minimum atomic E-state index is -0.173. The number of benzene rings is 1. The monoisotopic (exact) mass is 323 g/mol. The Morgan fingerprint density at radius 1 is 1.29 bits per heavy atom. The molecule has 0 heterocycles. The van der Waals surface area contributed by atoms with E-state index >= 15 is 0 Å². The first kappa shape index (κ1) is 16.2. The third-order valence-electron chi connectivity index (χ3n) is 8.11. The van der Waals surface area contributed by atoms with Crippen molar-refractivity contribution in [2.24, 2.45) is 22.7 Å². The molecule has 1 N–H and O–H groups in total. The van der Waals surface area contributed by atoms with E-state index in [9.17, 15) is 10.4 Å². The fraction of sp³-hybridized carbons (Fsp3) is 0.682. The van der Waals surface area contributed by atoms with E-state index in [4.69, 9.17) is 0 Å². The molecule has 2 nitrogen and oxygen atoms in total. The summed E-state index contributed by atoms with van der Waals surface area (Å²) < 4.78 is 0. The van der Waals surface area contributed by atoms with Crippen LogP contribution in [-0.2, 0) is 6.42 Å². The normalized spacial score (nSPS) is 43.5. The second-order valence-corrected chi connectivity index (χ2v) is 9.06. The Morgan fingerprint density at radius 2 is 2.08 bits per heavy atom. The van der Waals surface area contributed by atoms with Gasteiger partial charge in [-0.3, -0.25) is 0 Å². The molecule has 0 aliphatic heterocycles. The van der Waals surface area contributed by atoms with Crippen molar-refractivity contribution in [3.8, 4) is 6.07 Å². The fourth-order valence-corrected chi connectivity index (χ4v) is 6.54. The van der Waals surface area contributed by atoms with Crippen LogP contribution < -0.4 is 0 Å². The zero-order chi connectivity index (χ0) is 17.1. The lowest BCUT2D eigenvalue weighted by atomic mass is 9.55. The minimum absolute atomic E-state index is 0.0725. The second-order valence-electron chi connectivity index (χ2n) is 9.06.